The van der Waals surface area contributed by atoms with Crippen molar-refractivity contribution in [1.82, 2.24) is 5.32 Å². The van der Waals surface area contributed by atoms with Gasteiger partial charge in [-0.25, -0.2) is 0 Å². The van der Waals surface area contributed by atoms with Gasteiger partial charge in [0, 0.05) is 22.2 Å². The molecule has 0 spiro atoms. The van der Waals surface area contributed by atoms with Gasteiger partial charge >= 0.3 is 0 Å². The maximum absolute atomic E-state index is 10.4. The molecule has 0 saturated carbocycles. The normalized spacial score (nSPS) is 24.1. The van der Waals surface area contributed by atoms with Crippen molar-refractivity contribution >= 4 is 24.0 Å². The fraction of sp³-hybridized carbons (Fsp3) is 0.571. The van der Waals surface area contributed by atoms with Crippen LogP contribution in [0.25, 0.3) is 0 Å². The lowest BCUT2D eigenvalue weighted by molar-refractivity contribution is 0.0845. The molecule has 1 aliphatic rings. The first-order chi connectivity index (χ1) is 7.99. The van der Waals surface area contributed by atoms with Gasteiger partial charge in [0.2, 0.25) is 0 Å². The summed E-state index contributed by atoms with van der Waals surface area (Å²) in [4.78, 5) is 0. The standard InChI is InChI=1S/C14H20ClNO.ClH/c1-14(2)9-5-8-12(16-14)13(17)10-6-3-4-7-11(10)15;/h3-4,6-7,12-13,16-17H,5,8-9H2,1-2H3;1H/t12?,13-;/m1./s1. The third-order valence-corrected chi connectivity index (χ3v) is 3.84. The largest absolute Gasteiger partial charge is 0.387 e. The fourth-order valence-electron chi connectivity index (χ4n) is 2.58. The van der Waals surface area contributed by atoms with Crippen LogP contribution in [0.1, 0.15) is 44.8 Å². The van der Waals surface area contributed by atoms with Crippen molar-refractivity contribution in [2.75, 3.05) is 0 Å². The Morgan fingerprint density at radius 2 is 2.06 bits per heavy atom. The van der Waals surface area contributed by atoms with Crippen LogP contribution in [-0.4, -0.2) is 16.7 Å². The predicted molar refractivity (Wildman–Crippen MR) is 78.5 cm³/mol. The van der Waals surface area contributed by atoms with Crippen molar-refractivity contribution < 1.29 is 5.11 Å². The zero-order valence-corrected chi connectivity index (χ0v) is 12.4. The summed E-state index contributed by atoms with van der Waals surface area (Å²) in [6, 6.07) is 7.62. The van der Waals surface area contributed by atoms with Gasteiger partial charge in [0.05, 0.1) is 6.10 Å². The van der Waals surface area contributed by atoms with E-state index in [-0.39, 0.29) is 24.0 Å². The summed E-state index contributed by atoms with van der Waals surface area (Å²) in [5.74, 6) is 0. The Kier molecular flexibility index (Phi) is 5.47. The fourth-order valence-corrected chi connectivity index (χ4v) is 2.83. The van der Waals surface area contributed by atoms with Gasteiger partial charge in [-0.2, -0.15) is 0 Å². The number of aliphatic hydroxyl groups excluding tert-OH is 1. The lowest BCUT2D eigenvalue weighted by Crippen LogP contribution is -2.51. The van der Waals surface area contributed by atoms with E-state index in [1.165, 1.54) is 0 Å². The third-order valence-electron chi connectivity index (χ3n) is 3.50. The Hall–Kier alpha value is -0.280. The molecule has 1 fully saturated rings. The molecule has 2 atom stereocenters. The van der Waals surface area contributed by atoms with Crippen molar-refractivity contribution in [3.05, 3.63) is 34.9 Å². The molecular weight excluding hydrogens is 269 g/mol. The molecule has 0 aliphatic carbocycles. The minimum atomic E-state index is -0.525. The molecule has 2 rings (SSSR count). The van der Waals surface area contributed by atoms with Crippen LogP contribution >= 0.6 is 24.0 Å². The van der Waals surface area contributed by atoms with Gasteiger partial charge in [0.25, 0.3) is 0 Å². The van der Waals surface area contributed by atoms with Crippen LogP contribution < -0.4 is 5.32 Å². The monoisotopic (exact) mass is 289 g/mol. The van der Waals surface area contributed by atoms with Gasteiger partial charge in [-0.05, 0) is 39.2 Å². The number of benzene rings is 1. The van der Waals surface area contributed by atoms with Gasteiger partial charge in [-0.1, -0.05) is 29.8 Å². The highest BCUT2D eigenvalue weighted by Crippen LogP contribution is 2.31. The summed E-state index contributed by atoms with van der Waals surface area (Å²) in [7, 11) is 0. The molecule has 4 heteroatoms. The van der Waals surface area contributed by atoms with E-state index in [2.05, 4.69) is 19.2 Å². The van der Waals surface area contributed by atoms with Crippen LogP contribution in [0.3, 0.4) is 0 Å². The van der Waals surface area contributed by atoms with E-state index in [4.69, 9.17) is 11.6 Å². The van der Waals surface area contributed by atoms with Crippen molar-refractivity contribution in [3.8, 4) is 0 Å². The van der Waals surface area contributed by atoms with Crippen molar-refractivity contribution in [1.29, 1.82) is 0 Å². The average Bonchev–Trinajstić information content (AvgIpc) is 2.27. The van der Waals surface area contributed by atoms with Crippen LogP contribution in [0.4, 0.5) is 0 Å². The van der Waals surface area contributed by atoms with Gasteiger partial charge in [-0.15, -0.1) is 12.4 Å². The molecule has 1 aromatic rings. The summed E-state index contributed by atoms with van der Waals surface area (Å²) >= 11 is 6.12. The van der Waals surface area contributed by atoms with E-state index in [0.717, 1.165) is 24.8 Å². The lowest BCUT2D eigenvalue weighted by Gasteiger charge is -2.39. The van der Waals surface area contributed by atoms with Gasteiger partial charge in [-0.3, -0.25) is 0 Å². The second-order valence-corrected chi connectivity index (χ2v) is 5.90. The number of hydrogen-bond donors (Lipinski definition) is 2. The molecule has 0 aromatic heterocycles. The molecule has 102 valence electrons. The number of hydrogen-bond acceptors (Lipinski definition) is 2. The summed E-state index contributed by atoms with van der Waals surface area (Å²) in [5.41, 5.74) is 0.926. The minimum absolute atomic E-state index is 0. The first-order valence-corrected chi connectivity index (χ1v) is 6.57. The third kappa shape index (κ3) is 3.61. The zero-order valence-electron chi connectivity index (χ0n) is 10.8. The summed E-state index contributed by atoms with van der Waals surface area (Å²) < 4.78 is 0. The number of piperidine rings is 1. The van der Waals surface area contributed by atoms with Crippen LogP contribution in [0.2, 0.25) is 5.02 Å². The van der Waals surface area contributed by atoms with Crippen LogP contribution in [0.5, 0.6) is 0 Å². The van der Waals surface area contributed by atoms with Crippen molar-refractivity contribution in [2.24, 2.45) is 0 Å². The van der Waals surface area contributed by atoms with Crippen LogP contribution in [0, 0.1) is 0 Å². The molecule has 1 heterocycles. The first-order valence-electron chi connectivity index (χ1n) is 6.20. The number of halogens is 2. The van der Waals surface area contributed by atoms with Crippen molar-refractivity contribution in [2.45, 2.75) is 50.8 Å². The quantitative estimate of drug-likeness (QED) is 0.870. The van der Waals surface area contributed by atoms with Crippen molar-refractivity contribution in [3.63, 3.8) is 0 Å². The molecule has 0 bridgehead atoms. The van der Waals surface area contributed by atoms with Crippen LogP contribution in [0.15, 0.2) is 24.3 Å². The van der Waals surface area contributed by atoms with E-state index < -0.39 is 6.10 Å². The maximum atomic E-state index is 10.4. The molecule has 1 saturated heterocycles. The Morgan fingerprint density at radius 1 is 1.39 bits per heavy atom. The Labute approximate surface area is 120 Å². The second-order valence-electron chi connectivity index (χ2n) is 5.49. The number of aliphatic hydroxyl groups is 1. The summed E-state index contributed by atoms with van der Waals surface area (Å²) in [6.07, 6.45) is 2.77. The molecule has 1 aromatic carbocycles. The van der Waals surface area contributed by atoms with Crippen LogP contribution in [-0.2, 0) is 0 Å². The Morgan fingerprint density at radius 3 is 2.67 bits per heavy atom. The van der Waals surface area contributed by atoms with E-state index in [0.29, 0.717) is 5.02 Å². The molecule has 1 unspecified atom stereocenters. The first kappa shape index (κ1) is 15.8. The molecule has 2 N–H and O–H groups in total. The molecule has 1 aliphatic heterocycles. The smallest absolute Gasteiger partial charge is 0.0957 e. The molecule has 0 radical (unpaired) electrons. The van der Waals surface area contributed by atoms with E-state index in [1.807, 2.05) is 24.3 Å². The highest BCUT2D eigenvalue weighted by Gasteiger charge is 2.32. The molecule has 18 heavy (non-hydrogen) atoms. The van der Waals surface area contributed by atoms with Gasteiger partial charge in [0.15, 0.2) is 0 Å². The molecular formula is C14H21Cl2NO. The Bertz CT molecular complexity index is 395. The number of rotatable bonds is 2. The van der Waals surface area contributed by atoms with Gasteiger partial charge < -0.3 is 10.4 Å². The van der Waals surface area contributed by atoms with E-state index in [9.17, 15) is 5.11 Å². The average molecular weight is 290 g/mol. The summed E-state index contributed by atoms with van der Waals surface area (Å²) in [5, 5.41) is 14.6. The molecule has 2 nitrogen and oxygen atoms in total. The number of nitrogens with one attached hydrogen (secondary N) is 1. The summed E-state index contributed by atoms with van der Waals surface area (Å²) in [6.45, 7) is 4.36. The highest BCUT2D eigenvalue weighted by molar-refractivity contribution is 6.31. The molecule has 0 amide bonds. The zero-order chi connectivity index (χ0) is 12.5. The second kappa shape index (κ2) is 6.25. The topological polar surface area (TPSA) is 32.3 Å². The Balaban J connectivity index is 0.00000162. The predicted octanol–water partition coefficient (Wildman–Crippen LogP) is 3.72. The minimum Gasteiger partial charge on any atom is -0.387 e. The SMILES string of the molecule is CC1(C)CCCC([C@H](O)c2ccccc2Cl)N1.Cl. The van der Waals surface area contributed by atoms with E-state index >= 15 is 0 Å². The van der Waals surface area contributed by atoms with Gasteiger partial charge in [0.1, 0.15) is 0 Å². The van der Waals surface area contributed by atoms with E-state index in [1.54, 1.807) is 0 Å². The highest BCUT2D eigenvalue weighted by atomic mass is 35.5. The maximum Gasteiger partial charge on any atom is 0.0957 e. The lowest BCUT2D eigenvalue weighted by atomic mass is 9.85.